The molecule has 80 valence electrons. The van der Waals surface area contributed by atoms with Crippen LogP contribution in [0.2, 0.25) is 0 Å². The van der Waals surface area contributed by atoms with Crippen molar-refractivity contribution in [3.05, 3.63) is 30.6 Å². The Bertz CT molecular complexity index is 502. The number of thioether (sulfide) groups is 1. The molecule has 1 heterocycles. The minimum atomic E-state index is -0.0656. The van der Waals surface area contributed by atoms with Gasteiger partial charge >= 0.3 is 0 Å². The van der Waals surface area contributed by atoms with Gasteiger partial charge < -0.3 is 0 Å². The lowest BCUT2D eigenvalue weighted by Gasteiger charge is -2.04. The maximum absolute atomic E-state index is 8.74. The van der Waals surface area contributed by atoms with E-state index in [9.17, 15) is 0 Å². The van der Waals surface area contributed by atoms with Gasteiger partial charge in [0, 0.05) is 4.90 Å². The zero-order valence-electron chi connectivity index (χ0n) is 8.61. The molecule has 0 saturated carbocycles. The van der Waals surface area contributed by atoms with E-state index in [2.05, 4.69) is 21.6 Å². The highest BCUT2D eigenvalue weighted by Crippen LogP contribution is 2.24. The second-order valence-electron chi connectivity index (χ2n) is 3.14. The van der Waals surface area contributed by atoms with Gasteiger partial charge in [0.15, 0.2) is 0 Å². The first-order valence-electron chi connectivity index (χ1n) is 4.69. The largest absolute Gasteiger partial charge is 0.201 e. The van der Waals surface area contributed by atoms with E-state index in [0.29, 0.717) is 0 Å². The fourth-order valence-electron chi connectivity index (χ4n) is 1.21. The molecule has 1 aromatic heterocycles. The van der Waals surface area contributed by atoms with Crippen LogP contribution in [-0.4, -0.2) is 25.5 Å². The molecule has 1 unspecified atom stereocenters. The van der Waals surface area contributed by atoms with Crippen LogP contribution in [0.25, 0.3) is 5.69 Å². The van der Waals surface area contributed by atoms with Crippen LogP contribution in [0.5, 0.6) is 0 Å². The number of nitriles is 1. The number of nitrogens with zero attached hydrogens (tertiary/aromatic N) is 5. The molecule has 0 amide bonds. The number of hydrogen-bond acceptors (Lipinski definition) is 5. The molecule has 2 aromatic rings. The first-order valence-corrected chi connectivity index (χ1v) is 5.57. The number of tetrazole rings is 1. The van der Waals surface area contributed by atoms with Crippen molar-refractivity contribution >= 4 is 11.8 Å². The highest BCUT2D eigenvalue weighted by Gasteiger charge is 2.04. The Hall–Kier alpha value is -1.87. The summed E-state index contributed by atoms with van der Waals surface area (Å²) in [6, 6.07) is 9.94. The van der Waals surface area contributed by atoms with Gasteiger partial charge in [0.2, 0.25) is 0 Å². The second-order valence-corrected chi connectivity index (χ2v) is 4.56. The minimum Gasteiger partial charge on any atom is -0.201 e. The molecule has 0 aliphatic rings. The third-order valence-corrected chi connectivity index (χ3v) is 2.91. The van der Waals surface area contributed by atoms with Crippen LogP contribution in [0.4, 0.5) is 0 Å². The van der Waals surface area contributed by atoms with Crippen molar-refractivity contribution in [1.29, 1.82) is 5.26 Å². The average molecular weight is 231 g/mol. The quantitative estimate of drug-likeness (QED) is 0.751. The molecule has 0 aliphatic carbocycles. The van der Waals surface area contributed by atoms with Crippen LogP contribution >= 0.6 is 11.8 Å². The zero-order valence-corrected chi connectivity index (χ0v) is 9.42. The Kier molecular flexibility index (Phi) is 3.17. The van der Waals surface area contributed by atoms with Crippen molar-refractivity contribution < 1.29 is 0 Å². The lowest BCUT2D eigenvalue weighted by atomic mass is 10.3. The summed E-state index contributed by atoms with van der Waals surface area (Å²) in [6.07, 6.45) is 1.54. The summed E-state index contributed by atoms with van der Waals surface area (Å²) >= 11 is 1.51. The van der Waals surface area contributed by atoms with Crippen LogP contribution in [0.1, 0.15) is 6.92 Å². The molecule has 0 radical (unpaired) electrons. The average Bonchev–Trinajstić information content (AvgIpc) is 2.83. The molecule has 0 N–H and O–H groups in total. The smallest absolute Gasteiger partial charge is 0.143 e. The van der Waals surface area contributed by atoms with Gasteiger partial charge in [-0.2, -0.15) is 5.26 Å². The lowest BCUT2D eigenvalue weighted by molar-refractivity contribution is 0.787. The van der Waals surface area contributed by atoms with Crippen molar-refractivity contribution in [3.63, 3.8) is 0 Å². The predicted octanol–water partition coefficient (Wildman–Crippen LogP) is 1.67. The third-order valence-electron chi connectivity index (χ3n) is 1.93. The maximum atomic E-state index is 8.74. The molecule has 2 rings (SSSR count). The first kappa shape index (κ1) is 10.6. The Morgan fingerprint density at radius 1 is 1.50 bits per heavy atom. The minimum absolute atomic E-state index is 0.0656. The molecule has 1 atom stereocenters. The number of hydrogen-bond donors (Lipinski definition) is 0. The molecule has 0 saturated heterocycles. The SMILES string of the molecule is CC(C#N)Sc1cccc(-n2cnnn2)c1. The summed E-state index contributed by atoms with van der Waals surface area (Å²) in [5.41, 5.74) is 0.889. The van der Waals surface area contributed by atoms with Crippen LogP contribution in [-0.2, 0) is 0 Å². The Balaban J connectivity index is 2.24. The van der Waals surface area contributed by atoms with Crippen molar-refractivity contribution in [2.75, 3.05) is 0 Å². The van der Waals surface area contributed by atoms with E-state index >= 15 is 0 Å². The van der Waals surface area contributed by atoms with Crippen LogP contribution in [0, 0.1) is 11.3 Å². The Morgan fingerprint density at radius 2 is 2.38 bits per heavy atom. The fourth-order valence-corrected chi connectivity index (χ4v) is 2.02. The standard InChI is InChI=1S/C10H9N5S/c1-8(6-11)16-10-4-2-3-9(5-10)15-7-12-13-14-15/h2-5,7-8H,1H3. The first-order chi connectivity index (χ1) is 7.79. The van der Waals surface area contributed by atoms with Crippen molar-refractivity contribution in [3.8, 4) is 11.8 Å². The summed E-state index contributed by atoms with van der Waals surface area (Å²) in [7, 11) is 0. The Labute approximate surface area is 97.1 Å². The van der Waals surface area contributed by atoms with Gasteiger partial charge in [-0.05, 0) is 35.5 Å². The second kappa shape index (κ2) is 4.77. The van der Waals surface area contributed by atoms with E-state index in [0.717, 1.165) is 10.6 Å². The highest BCUT2D eigenvalue weighted by molar-refractivity contribution is 8.00. The molecule has 1 aromatic carbocycles. The summed E-state index contributed by atoms with van der Waals surface area (Å²) in [5, 5.41) is 19.6. The monoisotopic (exact) mass is 231 g/mol. The van der Waals surface area contributed by atoms with Crippen molar-refractivity contribution in [2.24, 2.45) is 0 Å². The van der Waals surface area contributed by atoms with Crippen LogP contribution in [0.3, 0.4) is 0 Å². The predicted molar refractivity (Wildman–Crippen MR) is 60.1 cm³/mol. The van der Waals surface area contributed by atoms with E-state index in [1.54, 1.807) is 4.68 Å². The molecule has 5 nitrogen and oxygen atoms in total. The highest BCUT2D eigenvalue weighted by atomic mass is 32.2. The normalized spacial score (nSPS) is 12.0. The van der Waals surface area contributed by atoms with Crippen LogP contribution < -0.4 is 0 Å². The van der Waals surface area contributed by atoms with E-state index in [-0.39, 0.29) is 5.25 Å². The molecule has 16 heavy (non-hydrogen) atoms. The molecule has 0 spiro atoms. The molecular weight excluding hydrogens is 222 g/mol. The van der Waals surface area contributed by atoms with Gasteiger partial charge in [-0.3, -0.25) is 0 Å². The molecule has 0 bridgehead atoms. The van der Waals surface area contributed by atoms with Gasteiger partial charge in [0.05, 0.1) is 17.0 Å². The van der Waals surface area contributed by atoms with Gasteiger partial charge in [-0.15, -0.1) is 16.9 Å². The van der Waals surface area contributed by atoms with E-state index in [1.807, 2.05) is 31.2 Å². The van der Waals surface area contributed by atoms with Crippen LogP contribution in [0.15, 0.2) is 35.5 Å². The summed E-state index contributed by atoms with van der Waals surface area (Å²) in [4.78, 5) is 1.03. The summed E-state index contributed by atoms with van der Waals surface area (Å²) < 4.78 is 1.58. The van der Waals surface area contributed by atoms with E-state index < -0.39 is 0 Å². The molecule has 6 heteroatoms. The fraction of sp³-hybridized carbons (Fsp3) is 0.200. The van der Waals surface area contributed by atoms with E-state index in [4.69, 9.17) is 5.26 Å². The molecule has 0 fully saturated rings. The molecule has 0 aliphatic heterocycles. The maximum Gasteiger partial charge on any atom is 0.143 e. The zero-order chi connectivity index (χ0) is 11.4. The van der Waals surface area contributed by atoms with Gasteiger partial charge in [0.1, 0.15) is 6.33 Å². The van der Waals surface area contributed by atoms with Gasteiger partial charge in [-0.1, -0.05) is 6.07 Å². The topological polar surface area (TPSA) is 67.4 Å². The van der Waals surface area contributed by atoms with Gasteiger partial charge in [-0.25, -0.2) is 4.68 Å². The van der Waals surface area contributed by atoms with Crippen molar-refractivity contribution in [1.82, 2.24) is 20.2 Å². The summed E-state index contributed by atoms with van der Waals surface area (Å²) in [6.45, 7) is 1.87. The van der Waals surface area contributed by atoms with E-state index in [1.165, 1.54) is 18.1 Å². The number of benzene rings is 1. The van der Waals surface area contributed by atoms with Gasteiger partial charge in [0.25, 0.3) is 0 Å². The van der Waals surface area contributed by atoms with Crippen molar-refractivity contribution in [2.45, 2.75) is 17.1 Å². The summed E-state index contributed by atoms with van der Waals surface area (Å²) in [5.74, 6) is 0. The Morgan fingerprint density at radius 3 is 3.06 bits per heavy atom. The number of aromatic nitrogens is 4. The number of rotatable bonds is 3. The third kappa shape index (κ3) is 2.38. The lowest BCUT2D eigenvalue weighted by Crippen LogP contribution is -1.96. The molecular formula is C10H9N5S.